The Morgan fingerprint density at radius 1 is 1.33 bits per heavy atom. The first kappa shape index (κ1) is 13.9. The number of hydrogen-bond acceptors (Lipinski definition) is 4. The van der Waals surface area contributed by atoms with Gasteiger partial charge in [0.2, 0.25) is 0 Å². The number of halogens is 1. The Hall–Kier alpha value is -2.01. The molecule has 1 aliphatic carbocycles. The van der Waals surface area contributed by atoms with Crippen LogP contribution in [0, 0.1) is 12.8 Å². The molecule has 1 atom stereocenters. The number of carbonyl (C=O) groups is 1. The van der Waals surface area contributed by atoms with Crippen molar-refractivity contribution in [3.05, 3.63) is 52.8 Å². The second kappa shape index (κ2) is 5.77. The van der Waals surface area contributed by atoms with Gasteiger partial charge in [-0.2, -0.15) is 0 Å². The quantitative estimate of drug-likeness (QED) is 0.943. The molecule has 0 radical (unpaired) electrons. The van der Waals surface area contributed by atoms with Gasteiger partial charge in [0.1, 0.15) is 5.69 Å². The molecule has 2 heterocycles. The average molecular weight is 303 g/mol. The van der Waals surface area contributed by atoms with Crippen LogP contribution in [0.25, 0.3) is 0 Å². The Balaban J connectivity index is 1.79. The summed E-state index contributed by atoms with van der Waals surface area (Å²) in [4.78, 5) is 25.0. The first-order valence-electron chi connectivity index (χ1n) is 6.85. The van der Waals surface area contributed by atoms with E-state index in [4.69, 9.17) is 11.6 Å². The zero-order chi connectivity index (χ0) is 14.8. The first-order chi connectivity index (χ1) is 10.1. The van der Waals surface area contributed by atoms with Gasteiger partial charge in [0, 0.05) is 18.1 Å². The molecule has 5 nitrogen and oxygen atoms in total. The van der Waals surface area contributed by atoms with Crippen molar-refractivity contribution in [2.45, 2.75) is 25.8 Å². The van der Waals surface area contributed by atoms with Crippen molar-refractivity contribution in [2.75, 3.05) is 0 Å². The fourth-order valence-electron chi connectivity index (χ4n) is 2.17. The number of hydrogen-bond donors (Lipinski definition) is 1. The van der Waals surface area contributed by atoms with Gasteiger partial charge in [-0.15, -0.1) is 0 Å². The van der Waals surface area contributed by atoms with Crippen molar-refractivity contribution in [2.24, 2.45) is 5.92 Å². The zero-order valence-electron chi connectivity index (χ0n) is 11.6. The summed E-state index contributed by atoms with van der Waals surface area (Å²) in [6.07, 6.45) is 5.35. The number of rotatable bonds is 4. The second-order valence-electron chi connectivity index (χ2n) is 5.21. The van der Waals surface area contributed by atoms with Crippen molar-refractivity contribution >= 4 is 17.5 Å². The number of pyridine rings is 1. The Kier molecular flexibility index (Phi) is 3.84. The van der Waals surface area contributed by atoms with Crippen LogP contribution in [0.15, 0.2) is 30.6 Å². The summed E-state index contributed by atoms with van der Waals surface area (Å²) in [6, 6.07) is 4.95. The van der Waals surface area contributed by atoms with E-state index in [2.05, 4.69) is 20.3 Å². The molecule has 0 aliphatic heterocycles. The van der Waals surface area contributed by atoms with Crippen LogP contribution >= 0.6 is 11.6 Å². The van der Waals surface area contributed by atoms with Gasteiger partial charge in [-0.3, -0.25) is 4.79 Å². The van der Waals surface area contributed by atoms with Crippen LogP contribution in [0.2, 0.25) is 5.02 Å². The molecule has 6 heteroatoms. The summed E-state index contributed by atoms with van der Waals surface area (Å²) >= 11 is 5.78. The van der Waals surface area contributed by atoms with E-state index in [1.807, 2.05) is 13.0 Å². The minimum absolute atomic E-state index is 0.158. The van der Waals surface area contributed by atoms with E-state index in [-0.39, 0.29) is 11.9 Å². The maximum atomic E-state index is 12.3. The number of aromatic nitrogens is 3. The lowest BCUT2D eigenvalue weighted by Gasteiger charge is -2.16. The normalized spacial score (nSPS) is 15.5. The van der Waals surface area contributed by atoms with Gasteiger partial charge in [-0.25, -0.2) is 15.0 Å². The van der Waals surface area contributed by atoms with Crippen LogP contribution in [-0.4, -0.2) is 20.9 Å². The van der Waals surface area contributed by atoms with Crippen molar-refractivity contribution in [1.82, 2.24) is 20.3 Å². The Labute approximate surface area is 127 Å². The number of nitrogens with one attached hydrogen (secondary N) is 1. The Bertz CT molecular complexity index is 655. The molecule has 0 saturated heterocycles. The number of aryl methyl sites for hydroxylation is 1. The summed E-state index contributed by atoms with van der Waals surface area (Å²) in [7, 11) is 0. The third-order valence-electron chi connectivity index (χ3n) is 3.43. The van der Waals surface area contributed by atoms with E-state index >= 15 is 0 Å². The van der Waals surface area contributed by atoms with Crippen LogP contribution in [0.3, 0.4) is 0 Å². The van der Waals surface area contributed by atoms with Crippen LogP contribution in [0.5, 0.6) is 0 Å². The molecule has 0 aromatic carbocycles. The first-order valence-corrected chi connectivity index (χ1v) is 7.23. The Morgan fingerprint density at radius 2 is 2.14 bits per heavy atom. The van der Waals surface area contributed by atoms with Gasteiger partial charge < -0.3 is 5.32 Å². The van der Waals surface area contributed by atoms with Gasteiger partial charge in [0.15, 0.2) is 5.82 Å². The highest BCUT2D eigenvalue weighted by atomic mass is 35.5. The molecule has 1 aliphatic rings. The topological polar surface area (TPSA) is 67.8 Å². The standard InChI is InChI=1S/C15H15ClN4O/c1-9-6-7-17-14(19-9)13(10-2-3-10)20-15(21)12-5-4-11(16)8-18-12/h4-8,10,13H,2-3H2,1H3,(H,20,21)/t13-/m1/s1. The zero-order valence-corrected chi connectivity index (χ0v) is 12.3. The highest BCUT2D eigenvalue weighted by Gasteiger charge is 2.35. The SMILES string of the molecule is Cc1ccnc([C@H](NC(=O)c2ccc(Cl)cn2)C2CC2)n1. The minimum atomic E-state index is -0.228. The molecular weight excluding hydrogens is 288 g/mol. The third kappa shape index (κ3) is 3.36. The molecule has 0 unspecified atom stereocenters. The van der Waals surface area contributed by atoms with Crippen LogP contribution in [-0.2, 0) is 0 Å². The van der Waals surface area contributed by atoms with Gasteiger partial charge >= 0.3 is 0 Å². The number of nitrogens with zero attached hydrogens (tertiary/aromatic N) is 3. The molecule has 0 spiro atoms. The molecule has 3 rings (SSSR count). The van der Waals surface area contributed by atoms with Crippen molar-refractivity contribution in [3.8, 4) is 0 Å². The summed E-state index contributed by atoms with van der Waals surface area (Å²) in [5.74, 6) is 0.844. The van der Waals surface area contributed by atoms with Crippen LogP contribution in [0.1, 0.15) is 40.9 Å². The van der Waals surface area contributed by atoms with Crippen LogP contribution < -0.4 is 5.32 Å². The number of carbonyl (C=O) groups excluding carboxylic acids is 1. The second-order valence-corrected chi connectivity index (χ2v) is 5.64. The van der Waals surface area contributed by atoms with Gasteiger partial charge in [-0.05, 0) is 43.9 Å². The fraction of sp³-hybridized carbons (Fsp3) is 0.333. The molecule has 2 aromatic rings. The van der Waals surface area contributed by atoms with Gasteiger partial charge in [0.25, 0.3) is 5.91 Å². The lowest BCUT2D eigenvalue weighted by molar-refractivity contribution is 0.0924. The average Bonchev–Trinajstić information content (AvgIpc) is 3.30. The van der Waals surface area contributed by atoms with Crippen LogP contribution in [0.4, 0.5) is 0 Å². The van der Waals surface area contributed by atoms with E-state index in [0.29, 0.717) is 22.5 Å². The van der Waals surface area contributed by atoms with Gasteiger partial charge in [-0.1, -0.05) is 11.6 Å². The predicted molar refractivity (Wildman–Crippen MR) is 78.9 cm³/mol. The van der Waals surface area contributed by atoms with E-state index in [0.717, 1.165) is 18.5 Å². The maximum Gasteiger partial charge on any atom is 0.270 e. The molecule has 1 saturated carbocycles. The summed E-state index contributed by atoms with van der Waals surface area (Å²) in [6.45, 7) is 1.91. The highest BCUT2D eigenvalue weighted by molar-refractivity contribution is 6.30. The summed E-state index contributed by atoms with van der Waals surface area (Å²) in [5, 5.41) is 3.50. The highest BCUT2D eigenvalue weighted by Crippen LogP contribution is 2.40. The van der Waals surface area contributed by atoms with E-state index in [1.54, 1.807) is 18.3 Å². The lowest BCUT2D eigenvalue weighted by atomic mass is 10.1. The molecule has 2 aromatic heterocycles. The molecule has 108 valence electrons. The molecule has 21 heavy (non-hydrogen) atoms. The smallest absolute Gasteiger partial charge is 0.270 e. The van der Waals surface area contributed by atoms with Crippen molar-refractivity contribution in [1.29, 1.82) is 0 Å². The van der Waals surface area contributed by atoms with E-state index in [9.17, 15) is 4.79 Å². The maximum absolute atomic E-state index is 12.3. The van der Waals surface area contributed by atoms with Gasteiger partial charge in [0.05, 0.1) is 11.1 Å². The molecule has 1 amide bonds. The molecule has 1 fully saturated rings. The van der Waals surface area contributed by atoms with Crippen molar-refractivity contribution in [3.63, 3.8) is 0 Å². The number of amides is 1. The van der Waals surface area contributed by atoms with Crippen molar-refractivity contribution < 1.29 is 4.79 Å². The van der Waals surface area contributed by atoms with E-state index in [1.165, 1.54) is 6.20 Å². The molecule has 1 N–H and O–H groups in total. The largest absolute Gasteiger partial charge is 0.340 e. The minimum Gasteiger partial charge on any atom is -0.340 e. The predicted octanol–water partition coefficient (Wildman–Crippen LogP) is 2.71. The molecule has 0 bridgehead atoms. The lowest BCUT2D eigenvalue weighted by Crippen LogP contribution is -2.31. The fourth-order valence-corrected chi connectivity index (χ4v) is 2.28. The monoisotopic (exact) mass is 302 g/mol. The third-order valence-corrected chi connectivity index (χ3v) is 3.66. The summed E-state index contributed by atoms with van der Waals surface area (Å²) in [5.41, 5.74) is 1.24. The Morgan fingerprint density at radius 3 is 2.76 bits per heavy atom. The summed E-state index contributed by atoms with van der Waals surface area (Å²) < 4.78 is 0. The molecular formula is C15H15ClN4O. The van der Waals surface area contributed by atoms with E-state index < -0.39 is 0 Å².